The average molecular weight is 325 g/mol. The van der Waals surface area contributed by atoms with Crippen LogP contribution in [0, 0.1) is 17.1 Å². The van der Waals surface area contributed by atoms with Crippen LogP contribution >= 0.6 is 0 Å². The lowest BCUT2D eigenvalue weighted by Crippen LogP contribution is -2.43. The molecule has 0 saturated carbocycles. The molecule has 2 N–H and O–H groups in total. The molecule has 0 fully saturated rings. The summed E-state index contributed by atoms with van der Waals surface area (Å²) in [5.74, 6) is -0.629. The van der Waals surface area contributed by atoms with Crippen LogP contribution < -0.4 is 5.32 Å². The minimum absolute atomic E-state index is 0.129. The van der Waals surface area contributed by atoms with Crippen LogP contribution in [0.15, 0.2) is 42.5 Å². The molecule has 1 atom stereocenters. The number of nitrogens with zero attached hydrogens (tertiary/aromatic N) is 2. The maximum absolute atomic E-state index is 13.4. The quantitative estimate of drug-likeness (QED) is 0.891. The van der Waals surface area contributed by atoms with Gasteiger partial charge in [-0.15, -0.1) is 0 Å². The molecule has 0 aliphatic carbocycles. The van der Waals surface area contributed by atoms with Gasteiger partial charge in [-0.2, -0.15) is 5.26 Å². The number of aliphatic hydroxyl groups excluding tert-OH is 1. The van der Waals surface area contributed by atoms with Crippen LogP contribution in [-0.2, 0) is 6.42 Å². The van der Waals surface area contributed by atoms with Gasteiger partial charge in [0, 0.05) is 12.2 Å². The first kappa shape index (κ1) is 16.0. The highest BCUT2D eigenvalue weighted by atomic mass is 19.1. The molecule has 0 saturated heterocycles. The zero-order chi connectivity index (χ0) is 17.1. The lowest BCUT2D eigenvalue weighted by Gasteiger charge is -2.36. The van der Waals surface area contributed by atoms with E-state index in [2.05, 4.69) is 5.32 Å². The third-order valence-corrected chi connectivity index (χ3v) is 4.18. The Balaban J connectivity index is 1.82. The van der Waals surface area contributed by atoms with Gasteiger partial charge in [-0.25, -0.2) is 9.18 Å². The Hall–Kier alpha value is -2.91. The average Bonchev–Trinajstić information content (AvgIpc) is 2.62. The second-order valence-corrected chi connectivity index (χ2v) is 5.58. The zero-order valence-corrected chi connectivity index (χ0v) is 12.9. The Morgan fingerprint density at radius 2 is 2.17 bits per heavy atom. The molecule has 1 aliphatic heterocycles. The first-order valence-corrected chi connectivity index (χ1v) is 7.60. The summed E-state index contributed by atoms with van der Waals surface area (Å²) < 4.78 is 13.4. The molecule has 0 aromatic heterocycles. The van der Waals surface area contributed by atoms with Crippen LogP contribution in [0.3, 0.4) is 0 Å². The number of amides is 2. The fourth-order valence-corrected chi connectivity index (χ4v) is 2.98. The third-order valence-electron chi connectivity index (χ3n) is 4.18. The summed E-state index contributed by atoms with van der Waals surface area (Å²) in [7, 11) is 0. The van der Waals surface area contributed by atoms with Gasteiger partial charge in [-0.3, -0.25) is 0 Å². The van der Waals surface area contributed by atoms with Crippen LogP contribution in [-0.4, -0.2) is 29.2 Å². The van der Waals surface area contributed by atoms with E-state index in [1.807, 2.05) is 24.3 Å². The van der Waals surface area contributed by atoms with Gasteiger partial charge in [0.05, 0.1) is 18.2 Å². The lowest BCUT2D eigenvalue weighted by molar-refractivity contribution is 0.135. The number of halogens is 1. The highest BCUT2D eigenvalue weighted by Gasteiger charge is 2.30. The van der Waals surface area contributed by atoms with Crippen molar-refractivity contribution < 1.29 is 14.3 Å². The zero-order valence-electron chi connectivity index (χ0n) is 12.9. The smallest absolute Gasteiger partial charge is 0.322 e. The Morgan fingerprint density at radius 1 is 1.38 bits per heavy atom. The summed E-state index contributed by atoms with van der Waals surface area (Å²) in [6.45, 7) is 0.289. The number of carbonyl (C=O) groups is 1. The van der Waals surface area contributed by atoms with E-state index < -0.39 is 11.9 Å². The van der Waals surface area contributed by atoms with Crippen molar-refractivity contribution in [2.75, 3.05) is 18.5 Å². The topological polar surface area (TPSA) is 76.4 Å². The molecule has 2 aromatic rings. The predicted molar refractivity (Wildman–Crippen MR) is 86.8 cm³/mol. The highest BCUT2D eigenvalue weighted by Crippen LogP contribution is 2.29. The molecule has 0 radical (unpaired) electrons. The summed E-state index contributed by atoms with van der Waals surface area (Å²) in [5, 5.41) is 21.3. The molecular formula is C18H16FN3O2. The molecule has 6 heteroatoms. The molecule has 0 bridgehead atoms. The molecule has 24 heavy (non-hydrogen) atoms. The molecular weight excluding hydrogens is 309 g/mol. The van der Waals surface area contributed by atoms with Crippen molar-refractivity contribution in [1.82, 2.24) is 4.90 Å². The summed E-state index contributed by atoms with van der Waals surface area (Å²) in [4.78, 5) is 14.1. The predicted octanol–water partition coefficient (Wildman–Crippen LogP) is 2.82. The first-order chi connectivity index (χ1) is 11.6. The van der Waals surface area contributed by atoms with E-state index in [1.165, 1.54) is 12.1 Å². The highest BCUT2D eigenvalue weighted by molar-refractivity contribution is 5.90. The Labute approximate surface area is 138 Å². The number of nitrogens with one attached hydrogen (secondary N) is 1. The summed E-state index contributed by atoms with van der Waals surface area (Å²) in [6.07, 6.45) is 0.701. The number of anilines is 1. The van der Waals surface area contributed by atoms with Crippen molar-refractivity contribution in [1.29, 1.82) is 5.26 Å². The van der Waals surface area contributed by atoms with Gasteiger partial charge in [0.25, 0.3) is 0 Å². The van der Waals surface area contributed by atoms with Crippen molar-refractivity contribution in [3.8, 4) is 6.07 Å². The van der Waals surface area contributed by atoms with Gasteiger partial charge in [0.2, 0.25) is 0 Å². The summed E-state index contributed by atoms with van der Waals surface area (Å²) >= 11 is 0. The molecule has 3 rings (SSSR count). The maximum Gasteiger partial charge on any atom is 0.322 e. The van der Waals surface area contributed by atoms with E-state index in [0.29, 0.717) is 18.7 Å². The van der Waals surface area contributed by atoms with Crippen molar-refractivity contribution in [2.45, 2.75) is 12.5 Å². The normalized spacial score (nSPS) is 16.2. The van der Waals surface area contributed by atoms with Crippen LogP contribution in [0.25, 0.3) is 0 Å². The van der Waals surface area contributed by atoms with Crippen LogP contribution in [0.1, 0.15) is 22.7 Å². The number of nitriles is 1. The number of rotatable bonds is 2. The number of fused-ring (bicyclic) bond motifs is 1. The van der Waals surface area contributed by atoms with Crippen LogP contribution in [0.4, 0.5) is 14.9 Å². The monoisotopic (exact) mass is 325 g/mol. The summed E-state index contributed by atoms with van der Waals surface area (Å²) in [6, 6.07) is 12.5. The number of hydrogen-bond donors (Lipinski definition) is 2. The molecule has 2 aromatic carbocycles. The van der Waals surface area contributed by atoms with Crippen molar-refractivity contribution >= 4 is 11.7 Å². The Morgan fingerprint density at radius 3 is 2.92 bits per heavy atom. The molecule has 2 amide bonds. The van der Waals surface area contributed by atoms with Crippen molar-refractivity contribution in [2.24, 2.45) is 0 Å². The van der Waals surface area contributed by atoms with Gasteiger partial charge >= 0.3 is 6.03 Å². The SMILES string of the molecule is N#Cc1cc(NC(=O)N2CCc3ccccc3C2CO)ccc1F. The second-order valence-electron chi connectivity index (χ2n) is 5.58. The minimum atomic E-state index is -0.629. The van der Waals surface area contributed by atoms with Gasteiger partial charge < -0.3 is 15.3 Å². The molecule has 1 unspecified atom stereocenters. The van der Waals surface area contributed by atoms with Gasteiger partial charge in [-0.05, 0) is 35.7 Å². The molecule has 0 spiro atoms. The van der Waals surface area contributed by atoms with E-state index in [-0.39, 0.29) is 18.2 Å². The number of hydrogen-bond acceptors (Lipinski definition) is 3. The standard InChI is InChI=1S/C18H16FN3O2/c19-16-6-5-14(9-13(16)10-20)21-18(24)22-8-7-12-3-1-2-4-15(12)17(22)11-23/h1-6,9,17,23H,7-8,11H2,(H,21,24). The van der Waals surface area contributed by atoms with E-state index in [9.17, 15) is 14.3 Å². The fraction of sp³-hybridized carbons (Fsp3) is 0.222. The number of carbonyl (C=O) groups excluding carboxylic acids is 1. The summed E-state index contributed by atoms with van der Waals surface area (Å²) in [5.41, 5.74) is 2.26. The number of aliphatic hydroxyl groups is 1. The Kier molecular flexibility index (Phi) is 4.45. The molecule has 122 valence electrons. The fourth-order valence-electron chi connectivity index (χ4n) is 2.98. The lowest BCUT2D eigenvalue weighted by atomic mass is 9.93. The number of benzene rings is 2. The third kappa shape index (κ3) is 2.94. The molecule has 1 heterocycles. The van der Waals surface area contributed by atoms with Crippen molar-refractivity contribution in [3.05, 3.63) is 65.0 Å². The maximum atomic E-state index is 13.4. The van der Waals surface area contributed by atoms with Gasteiger partial charge in [0.1, 0.15) is 11.9 Å². The van der Waals surface area contributed by atoms with Crippen molar-refractivity contribution in [3.63, 3.8) is 0 Å². The molecule has 5 nitrogen and oxygen atoms in total. The van der Waals surface area contributed by atoms with Gasteiger partial charge in [0.15, 0.2) is 0 Å². The van der Waals surface area contributed by atoms with E-state index in [4.69, 9.17) is 5.26 Å². The van der Waals surface area contributed by atoms with Crippen LogP contribution in [0.5, 0.6) is 0 Å². The van der Waals surface area contributed by atoms with E-state index >= 15 is 0 Å². The minimum Gasteiger partial charge on any atom is -0.394 e. The van der Waals surface area contributed by atoms with Crippen LogP contribution in [0.2, 0.25) is 0 Å². The Bertz CT molecular complexity index is 816. The van der Waals surface area contributed by atoms with E-state index in [0.717, 1.165) is 17.2 Å². The second kappa shape index (κ2) is 6.69. The largest absolute Gasteiger partial charge is 0.394 e. The molecule has 1 aliphatic rings. The number of urea groups is 1. The van der Waals surface area contributed by atoms with Gasteiger partial charge in [-0.1, -0.05) is 24.3 Å². The van der Waals surface area contributed by atoms with E-state index in [1.54, 1.807) is 11.0 Å². The first-order valence-electron chi connectivity index (χ1n) is 7.60.